The average molecular weight is 428 g/mol. The van der Waals surface area contributed by atoms with Gasteiger partial charge in [-0.1, -0.05) is 13.8 Å². The Morgan fingerprint density at radius 1 is 1.21 bits per heavy atom. The molecule has 0 aromatic heterocycles. The van der Waals surface area contributed by atoms with Crippen LogP contribution in [0.4, 0.5) is 4.39 Å². The van der Waals surface area contributed by atoms with Gasteiger partial charge in [0.15, 0.2) is 0 Å². The van der Waals surface area contributed by atoms with E-state index < -0.39 is 21.7 Å². The van der Waals surface area contributed by atoms with Crippen LogP contribution in [-0.4, -0.2) is 87.0 Å². The SMILES string of the molecule is CCN(CC)S(=O)(=O)c1ccc(F)c(C(=O)N2CCN(CC3CCCO3)CC2)c1. The number of rotatable bonds is 7. The number of ether oxygens (including phenoxy) is 1. The van der Waals surface area contributed by atoms with Crippen molar-refractivity contribution in [2.45, 2.75) is 37.7 Å². The minimum Gasteiger partial charge on any atom is -0.377 e. The molecule has 162 valence electrons. The lowest BCUT2D eigenvalue weighted by molar-refractivity contribution is 0.0430. The molecule has 2 aliphatic heterocycles. The average Bonchev–Trinajstić information content (AvgIpc) is 3.22. The summed E-state index contributed by atoms with van der Waals surface area (Å²) >= 11 is 0. The number of nitrogens with zero attached hydrogens (tertiary/aromatic N) is 3. The molecule has 0 spiro atoms. The number of carbonyl (C=O) groups excluding carboxylic acids is 1. The van der Waals surface area contributed by atoms with Crippen molar-refractivity contribution in [2.75, 3.05) is 52.4 Å². The van der Waals surface area contributed by atoms with Crippen LogP contribution in [0.25, 0.3) is 0 Å². The van der Waals surface area contributed by atoms with Crippen LogP contribution in [0.15, 0.2) is 23.1 Å². The van der Waals surface area contributed by atoms with E-state index in [1.54, 1.807) is 18.7 Å². The lowest BCUT2D eigenvalue weighted by Gasteiger charge is -2.35. The molecule has 1 atom stereocenters. The van der Waals surface area contributed by atoms with Gasteiger partial charge in [-0.15, -0.1) is 0 Å². The number of amides is 1. The van der Waals surface area contributed by atoms with Crippen LogP contribution >= 0.6 is 0 Å². The molecule has 0 aliphatic carbocycles. The molecule has 3 rings (SSSR count). The van der Waals surface area contributed by atoms with Gasteiger partial charge in [-0.25, -0.2) is 12.8 Å². The van der Waals surface area contributed by atoms with Crippen molar-refractivity contribution < 1.29 is 22.3 Å². The molecule has 7 nitrogen and oxygen atoms in total. The summed E-state index contributed by atoms with van der Waals surface area (Å²) in [5.41, 5.74) is -0.189. The van der Waals surface area contributed by atoms with Crippen molar-refractivity contribution in [3.63, 3.8) is 0 Å². The Morgan fingerprint density at radius 3 is 2.48 bits per heavy atom. The Bertz CT molecular complexity index is 815. The molecular formula is C20H30FN3O4S. The summed E-state index contributed by atoms with van der Waals surface area (Å²) in [6.07, 6.45) is 2.42. The van der Waals surface area contributed by atoms with Crippen molar-refractivity contribution in [2.24, 2.45) is 0 Å². The monoisotopic (exact) mass is 427 g/mol. The molecule has 1 amide bonds. The van der Waals surface area contributed by atoms with Crippen molar-refractivity contribution >= 4 is 15.9 Å². The summed E-state index contributed by atoms with van der Waals surface area (Å²) in [7, 11) is -3.75. The van der Waals surface area contributed by atoms with Crippen LogP contribution in [0.2, 0.25) is 0 Å². The number of piperazine rings is 1. The quantitative estimate of drug-likeness (QED) is 0.664. The molecular weight excluding hydrogens is 397 g/mol. The Balaban J connectivity index is 1.69. The normalized spacial score (nSPS) is 21.1. The zero-order valence-corrected chi connectivity index (χ0v) is 18.0. The summed E-state index contributed by atoms with van der Waals surface area (Å²) in [4.78, 5) is 16.7. The van der Waals surface area contributed by atoms with Crippen LogP contribution in [0.3, 0.4) is 0 Å². The van der Waals surface area contributed by atoms with Gasteiger partial charge in [-0.3, -0.25) is 9.69 Å². The first-order chi connectivity index (χ1) is 13.9. The van der Waals surface area contributed by atoms with Gasteiger partial charge in [0.1, 0.15) is 5.82 Å². The Hall–Kier alpha value is -1.55. The molecule has 9 heteroatoms. The molecule has 2 aliphatic rings. The van der Waals surface area contributed by atoms with Crippen molar-refractivity contribution in [1.29, 1.82) is 0 Å². The topological polar surface area (TPSA) is 70.2 Å². The predicted octanol–water partition coefficient (Wildman–Crippen LogP) is 1.79. The van der Waals surface area contributed by atoms with E-state index in [0.29, 0.717) is 39.3 Å². The largest absolute Gasteiger partial charge is 0.377 e. The maximum Gasteiger partial charge on any atom is 0.256 e. The Morgan fingerprint density at radius 2 is 1.90 bits per heavy atom. The van der Waals surface area contributed by atoms with E-state index in [2.05, 4.69) is 4.90 Å². The van der Waals surface area contributed by atoms with Crippen LogP contribution < -0.4 is 0 Å². The highest BCUT2D eigenvalue weighted by molar-refractivity contribution is 7.89. The standard InChI is InChI=1S/C20H30FN3O4S/c1-3-24(4-2)29(26,27)17-7-8-19(21)18(14-17)20(25)23-11-9-22(10-12-23)15-16-6-5-13-28-16/h7-8,14,16H,3-6,9-13,15H2,1-2H3. The summed E-state index contributed by atoms with van der Waals surface area (Å²) in [5, 5.41) is 0. The van der Waals surface area contributed by atoms with Gasteiger partial charge in [0.05, 0.1) is 16.6 Å². The van der Waals surface area contributed by atoms with E-state index >= 15 is 0 Å². The first kappa shape index (κ1) is 22.1. The minimum absolute atomic E-state index is 0.0528. The molecule has 0 radical (unpaired) electrons. The summed E-state index contributed by atoms with van der Waals surface area (Å²) < 4.78 is 46.8. The highest BCUT2D eigenvalue weighted by Gasteiger charge is 2.29. The highest BCUT2D eigenvalue weighted by atomic mass is 32.2. The van der Waals surface area contributed by atoms with Crippen LogP contribution in [0.5, 0.6) is 0 Å². The van der Waals surface area contributed by atoms with E-state index in [1.807, 2.05) is 0 Å². The third kappa shape index (κ3) is 4.96. The molecule has 2 heterocycles. The third-order valence-corrected chi connectivity index (χ3v) is 7.70. The van der Waals surface area contributed by atoms with E-state index in [-0.39, 0.29) is 16.6 Å². The predicted molar refractivity (Wildman–Crippen MR) is 108 cm³/mol. The second-order valence-corrected chi connectivity index (χ2v) is 9.40. The zero-order chi connectivity index (χ0) is 21.0. The number of halogens is 1. The van der Waals surface area contributed by atoms with Gasteiger partial charge >= 0.3 is 0 Å². The molecule has 29 heavy (non-hydrogen) atoms. The van der Waals surface area contributed by atoms with Crippen LogP contribution in [-0.2, 0) is 14.8 Å². The van der Waals surface area contributed by atoms with E-state index in [1.165, 1.54) is 16.4 Å². The smallest absolute Gasteiger partial charge is 0.256 e. The molecule has 0 N–H and O–H groups in total. The molecule has 1 aromatic rings. The Kier molecular flexibility index (Phi) is 7.26. The van der Waals surface area contributed by atoms with E-state index in [0.717, 1.165) is 32.1 Å². The molecule has 0 saturated carbocycles. The van der Waals surface area contributed by atoms with E-state index in [4.69, 9.17) is 4.74 Å². The first-order valence-electron chi connectivity index (χ1n) is 10.3. The number of carbonyl (C=O) groups is 1. The zero-order valence-electron chi connectivity index (χ0n) is 17.1. The molecule has 2 saturated heterocycles. The number of benzene rings is 1. The third-order valence-electron chi connectivity index (χ3n) is 5.66. The van der Waals surface area contributed by atoms with E-state index in [9.17, 15) is 17.6 Å². The lowest BCUT2D eigenvalue weighted by atomic mass is 10.1. The fourth-order valence-electron chi connectivity index (χ4n) is 3.92. The fraction of sp³-hybridized carbons (Fsp3) is 0.650. The number of hydrogen-bond acceptors (Lipinski definition) is 5. The summed E-state index contributed by atoms with van der Waals surface area (Å²) in [6, 6.07) is 3.46. The van der Waals surface area contributed by atoms with Crippen LogP contribution in [0, 0.1) is 5.82 Å². The van der Waals surface area contributed by atoms with Crippen molar-refractivity contribution in [3.8, 4) is 0 Å². The van der Waals surface area contributed by atoms with Gasteiger partial charge in [-0.05, 0) is 31.0 Å². The van der Waals surface area contributed by atoms with Crippen molar-refractivity contribution in [1.82, 2.24) is 14.1 Å². The number of sulfonamides is 1. The van der Waals surface area contributed by atoms with Gasteiger partial charge < -0.3 is 9.64 Å². The molecule has 1 aromatic carbocycles. The van der Waals surface area contributed by atoms with Crippen molar-refractivity contribution in [3.05, 3.63) is 29.6 Å². The van der Waals surface area contributed by atoms with Gasteiger partial charge in [0.2, 0.25) is 10.0 Å². The second-order valence-electron chi connectivity index (χ2n) is 7.46. The second kappa shape index (κ2) is 9.51. The number of hydrogen-bond donors (Lipinski definition) is 0. The van der Waals surface area contributed by atoms with Gasteiger partial charge in [0.25, 0.3) is 5.91 Å². The van der Waals surface area contributed by atoms with Gasteiger partial charge in [-0.2, -0.15) is 4.31 Å². The Labute approximate surface area is 172 Å². The minimum atomic E-state index is -3.75. The summed E-state index contributed by atoms with van der Waals surface area (Å²) in [6.45, 7) is 8.15. The molecule has 0 bridgehead atoms. The molecule has 1 unspecified atom stereocenters. The fourth-order valence-corrected chi connectivity index (χ4v) is 5.41. The lowest BCUT2D eigenvalue weighted by Crippen LogP contribution is -2.50. The maximum absolute atomic E-state index is 14.4. The maximum atomic E-state index is 14.4. The highest BCUT2D eigenvalue weighted by Crippen LogP contribution is 2.21. The van der Waals surface area contributed by atoms with Gasteiger partial charge in [0, 0.05) is 52.4 Å². The van der Waals surface area contributed by atoms with Crippen LogP contribution in [0.1, 0.15) is 37.0 Å². The molecule has 2 fully saturated rings. The summed E-state index contributed by atoms with van der Waals surface area (Å²) in [5.74, 6) is -1.16. The first-order valence-corrected chi connectivity index (χ1v) is 11.7.